The lowest BCUT2D eigenvalue weighted by molar-refractivity contribution is -0.156. The average Bonchev–Trinajstić information content (AvgIpc) is 1.01. The zero-order valence-electron chi connectivity index (χ0n) is 58.6. The number of carbonyl (C=O) groups is 11. The van der Waals surface area contributed by atoms with Crippen LogP contribution in [0.15, 0.2) is 12.2 Å². The van der Waals surface area contributed by atoms with E-state index in [-0.39, 0.29) is 49.9 Å². The van der Waals surface area contributed by atoms with Crippen LogP contribution >= 0.6 is 0 Å². The van der Waals surface area contributed by atoms with Crippen LogP contribution in [0, 0.1) is 35.5 Å². The molecule has 24 heteroatoms. The van der Waals surface area contributed by atoms with Gasteiger partial charge in [-0.3, -0.25) is 52.7 Å². The molecule has 2 unspecified atom stereocenters. The van der Waals surface area contributed by atoms with Crippen molar-refractivity contribution in [3.05, 3.63) is 12.2 Å². The molecule has 89 heavy (non-hydrogen) atoms. The molecule has 510 valence electrons. The highest BCUT2D eigenvalue weighted by molar-refractivity contribution is 5.99. The number of hydrogen-bond donors (Lipinski definition) is 5. The molecule has 1 fully saturated rings. The molecule has 1 aliphatic heterocycles. The Bertz CT molecular complexity index is 2380. The molecule has 0 aromatic rings. The predicted molar refractivity (Wildman–Crippen MR) is 346 cm³/mol. The van der Waals surface area contributed by atoms with Crippen molar-refractivity contribution in [2.24, 2.45) is 35.5 Å². The summed E-state index contributed by atoms with van der Waals surface area (Å²) in [7, 11) is 9.92. The monoisotopic (exact) mass is 1260 g/mol. The Morgan fingerprint density at radius 2 is 0.944 bits per heavy atom. The molecular weight excluding hydrogens is 1140 g/mol. The third-order valence-electron chi connectivity index (χ3n) is 17.0. The summed E-state index contributed by atoms with van der Waals surface area (Å²) in [6, 6.07) is -11.1. The SMILES string of the molecule is C/C=C/C[C@@H](C)[C@@H](O)C1C(=O)N[C@H](CCC)C(=O)N(C)CC(=O)N(C)[C@@H](CC(C)C)C(=O)N[C@H](C(C)C)C(=O)N(C)[C@@H](CC(C)C)C(=O)N[C@H](C)C(=O)NC(CCCN(CC)CC)C(=O)N(C)CC(=O)N(C)[C@@H](CC(C)C)C(=O)N(C)[C@H](C(C)C)C(=O)N1C. The van der Waals surface area contributed by atoms with Gasteiger partial charge in [0.1, 0.15) is 54.4 Å². The molecule has 0 spiro atoms. The van der Waals surface area contributed by atoms with Crippen molar-refractivity contribution in [3.63, 3.8) is 0 Å². The van der Waals surface area contributed by atoms with Crippen molar-refractivity contribution >= 4 is 65.0 Å². The van der Waals surface area contributed by atoms with Gasteiger partial charge in [0.15, 0.2) is 0 Å². The van der Waals surface area contributed by atoms with E-state index < -0.39 is 156 Å². The fraction of sp³-hybridized carbons (Fsp3) is 0.800. The summed E-state index contributed by atoms with van der Waals surface area (Å²) in [5.74, 6) is -9.48. The first-order valence-corrected chi connectivity index (χ1v) is 32.4. The van der Waals surface area contributed by atoms with E-state index in [9.17, 15) is 48.3 Å². The summed E-state index contributed by atoms with van der Waals surface area (Å²) in [6.07, 6.45) is 3.99. The predicted octanol–water partition coefficient (Wildman–Crippen LogP) is 3.35. The number of hydrogen-bond acceptors (Lipinski definition) is 13. The molecular formula is C65H118N12O12. The first-order valence-electron chi connectivity index (χ1n) is 32.4. The lowest BCUT2D eigenvalue weighted by Gasteiger charge is -2.41. The minimum absolute atomic E-state index is 0.0928. The number of likely N-dealkylation sites (N-methyl/N-ethyl adjacent to an activating group) is 7. The van der Waals surface area contributed by atoms with E-state index in [1.165, 1.54) is 80.8 Å². The molecule has 0 bridgehead atoms. The van der Waals surface area contributed by atoms with Crippen LogP contribution in [0.5, 0.6) is 0 Å². The Morgan fingerprint density at radius 3 is 1.39 bits per heavy atom. The van der Waals surface area contributed by atoms with Gasteiger partial charge < -0.3 is 65.6 Å². The van der Waals surface area contributed by atoms with Crippen LogP contribution in [0.4, 0.5) is 0 Å². The molecule has 1 heterocycles. The van der Waals surface area contributed by atoms with Crippen LogP contribution in [-0.2, 0) is 52.7 Å². The third kappa shape index (κ3) is 24.2. The van der Waals surface area contributed by atoms with Crippen LogP contribution in [0.3, 0.4) is 0 Å². The number of aliphatic hydroxyl groups excluding tert-OH is 1. The molecule has 5 N–H and O–H groups in total. The van der Waals surface area contributed by atoms with Gasteiger partial charge in [-0.2, -0.15) is 0 Å². The normalized spacial score (nSPS) is 25.4. The van der Waals surface area contributed by atoms with Gasteiger partial charge in [0.05, 0.1) is 19.2 Å². The van der Waals surface area contributed by atoms with Gasteiger partial charge in [-0.1, -0.05) is 116 Å². The van der Waals surface area contributed by atoms with Crippen molar-refractivity contribution in [3.8, 4) is 0 Å². The molecule has 1 aliphatic rings. The second-order valence-corrected chi connectivity index (χ2v) is 26.6. The highest BCUT2D eigenvalue weighted by atomic mass is 16.3. The molecule has 0 saturated carbocycles. The van der Waals surface area contributed by atoms with E-state index in [1.807, 2.05) is 61.5 Å². The van der Waals surface area contributed by atoms with E-state index in [1.54, 1.807) is 54.5 Å². The van der Waals surface area contributed by atoms with Crippen molar-refractivity contribution in [1.82, 2.24) is 60.5 Å². The van der Waals surface area contributed by atoms with Gasteiger partial charge >= 0.3 is 0 Å². The third-order valence-corrected chi connectivity index (χ3v) is 17.0. The van der Waals surface area contributed by atoms with Crippen molar-refractivity contribution in [2.75, 3.05) is 82.1 Å². The van der Waals surface area contributed by atoms with E-state index in [4.69, 9.17) is 0 Å². The summed E-state index contributed by atoms with van der Waals surface area (Å²) in [4.78, 5) is 171. The Hall–Kier alpha value is -6.17. The fourth-order valence-electron chi connectivity index (χ4n) is 11.2. The van der Waals surface area contributed by atoms with Crippen LogP contribution < -0.4 is 21.3 Å². The highest BCUT2D eigenvalue weighted by Crippen LogP contribution is 2.25. The second kappa shape index (κ2) is 38.5. The number of aliphatic hydroxyl groups is 1. The number of nitrogens with zero attached hydrogens (tertiary/aromatic N) is 8. The lowest BCUT2D eigenvalue weighted by Crippen LogP contribution is -2.63. The first-order chi connectivity index (χ1) is 41.4. The topological polar surface area (TPSA) is 282 Å². The van der Waals surface area contributed by atoms with E-state index in [2.05, 4.69) is 26.2 Å². The molecule has 11 amide bonds. The van der Waals surface area contributed by atoms with Crippen LogP contribution in [0.25, 0.3) is 0 Å². The van der Waals surface area contributed by atoms with Gasteiger partial charge in [0.25, 0.3) is 0 Å². The van der Waals surface area contributed by atoms with Crippen LogP contribution in [0.2, 0.25) is 0 Å². The lowest BCUT2D eigenvalue weighted by atomic mass is 9.91. The summed E-state index contributed by atoms with van der Waals surface area (Å²) in [6.45, 7) is 30.0. The summed E-state index contributed by atoms with van der Waals surface area (Å²) >= 11 is 0. The number of carbonyl (C=O) groups excluding carboxylic acids is 11. The van der Waals surface area contributed by atoms with E-state index >= 15 is 9.59 Å². The molecule has 24 nitrogen and oxygen atoms in total. The molecule has 0 radical (unpaired) electrons. The quantitative estimate of drug-likeness (QED) is 0.110. The highest BCUT2D eigenvalue weighted by Gasteiger charge is 2.45. The second-order valence-electron chi connectivity index (χ2n) is 26.6. The van der Waals surface area contributed by atoms with Crippen LogP contribution in [0.1, 0.15) is 162 Å². The Balaban J connectivity index is 4.34. The van der Waals surface area contributed by atoms with Gasteiger partial charge in [-0.15, -0.1) is 0 Å². The summed E-state index contributed by atoms with van der Waals surface area (Å²) in [5.41, 5.74) is 0. The molecule has 1 saturated heterocycles. The number of amides is 11. The van der Waals surface area contributed by atoms with Gasteiger partial charge in [0.2, 0.25) is 65.0 Å². The van der Waals surface area contributed by atoms with Crippen molar-refractivity contribution < 1.29 is 57.8 Å². The number of rotatable bonds is 20. The summed E-state index contributed by atoms with van der Waals surface area (Å²) < 4.78 is 0. The Labute approximate surface area is 533 Å². The van der Waals surface area contributed by atoms with Gasteiger partial charge in [-0.05, 0) is 114 Å². The van der Waals surface area contributed by atoms with E-state index in [0.717, 1.165) is 22.9 Å². The number of allylic oxidation sites excluding steroid dienone is 2. The molecule has 11 atom stereocenters. The van der Waals surface area contributed by atoms with Crippen molar-refractivity contribution in [1.29, 1.82) is 0 Å². The molecule has 0 aliphatic carbocycles. The fourth-order valence-corrected chi connectivity index (χ4v) is 11.2. The zero-order valence-corrected chi connectivity index (χ0v) is 58.6. The minimum Gasteiger partial charge on any atom is -0.390 e. The maximum Gasteiger partial charge on any atom is 0.246 e. The minimum atomic E-state index is -1.61. The smallest absolute Gasteiger partial charge is 0.246 e. The maximum absolute atomic E-state index is 15.2. The van der Waals surface area contributed by atoms with Crippen molar-refractivity contribution in [2.45, 2.75) is 223 Å². The molecule has 0 aromatic carbocycles. The first kappa shape index (κ1) is 80.8. The number of nitrogens with one attached hydrogen (secondary N) is 4. The molecule has 1 rings (SSSR count). The molecule has 0 aromatic heterocycles. The van der Waals surface area contributed by atoms with Crippen LogP contribution in [-0.4, -0.2) is 252 Å². The zero-order chi connectivity index (χ0) is 68.6. The van der Waals surface area contributed by atoms with E-state index in [0.29, 0.717) is 25.8 Å². The Kier molecular flexibility index (Phi) is 35.0. The Morgan fingerprint density at radius 1 is 0.506 bits per heavy atom. The summed E-state index contributed by atoms with van der Waals surface area (Å²) in [5, 5.41) is 23.4. The van der Waals surface area contributed by atoms with Gasteiger partial charge in [0, 0.05) is 49.3 Å². The van der Waals surface area contributed by atoms with Gasteiger partial charge in [-0.25, -0.2) is 0 Å². The largest absolute Gasteiger partial charge is 0.390 e. The average molecular weight is 1260 g/mol. The maximum atomic E-state index is 15.2. The standard InChI is InChI=1S/C65H118N12O12/c1-24-28-31-44(15)56(80)55-60(84)68-46(30-25-2)61(85)70(17)37-51(78)72(19)48(34-39(5)6)59(83)69-53(42(11)12)64(88)74(21)49(35-40(7)8)58(82)66-45(16)57(81)67-47(32-29-33-77(26-3)27-4)62(86)71(18)38-52(79)73(20)50(36-41(9)10)63(87)75(22)54(43(13)14)65(89)76(55)23/h24,28,39-50,53-56,80H,25-27,29-38H2,1-23H3,(H,66,82)(H,67,81)(H,68,84)(H,69,83)/b28-24+/t44-,45-,46-,47?,48+,49+,50+,53-,54-,55?,56-/m1/s1.